The van der Waals surface area contributed by atoms with Crippen LogP contribution in [0.15, 0.2) is 48.5 Å². The fourth-order valence-electron chi connectivity index (χ4n) is 3.72. The highest BCUT2D eigenvalue weighted by molar-refractivity contribution is 6.30. The Labute approximate surface area is 193 Å². The Morgan fingerprint density at radius 1 is 1.06 bits per heavy atom. The smallest absolute Gasteiger partial charge is 0.261 e. The summed E-state index contributed by atoms with van der Waals surface area (Å²) in [5, 5.41) is 4.27. The number of benzene rings is 2. The highest BCUT2D eigenvalue weighted by Crippen LogP contribution is 2.20. The summed E-state index contributed by atoms with van der Waals surface area (Å²) in [6.07, 6.45) is 5.44. The zero-order chi connectivity index (χ0) is 22.2. The van der Waals surface area contributed by atoms with Crippen molar-refractivity contribution in [3.63, 3.8) is 0 Å². The molecule has 1 atom stereocenters. The molecular weight excluding hydrogens is 435 g/mol. The first kappa shape index (κ1) is 23.4. The van der Waals surface area contributed by atoms with Gasteiger partial charge < -0.3 is 15.0 Å². The Morgan fingerprint density at radius 2 is 1.77 bits per heavy atom. The molecule has 166 valence electrons. The Balaban J connectivity index is 1.70. The Hall–Kier alpha value is -2.24. The normalized spacial score (nSPS) is 15.2. The monoisotopic (exact) mass is 462 g/mol. The molecule has 0 aromatic heterocycles. The van der Waals surface area contributed by atoms with Crippen LogP contribution in [0.3, 0.4) is 0 Å². The van der Waals surface area contributed by atoms with Crippen LogP contribution in [-0.4, -0.2) is 35.4 Å². The number of rotatable bonds is 8. The zero-order valence-electron chi connectivity index (χ0n) is 17.7. The van der Waals surface area contributed by atoms with E-state index in [2.05, 4.69) is 5.32 Å². The molecular formula is C24H28Cl2N2O3. The van der Waals surface area contributed by atoms with Gasteiger partial charge in [-0.15, -0.1) is 0 Å². The molecule has 0 saturated heterocycles. The first-order chi connectivity index (χ1) is 14.9. The van der Waals surface area contributed by atoms with Crippen molar-refractivity contribution in [1.82, 2.24) is 10.2 Å². The predicted molar refractivity (Wildman–Crippen MR) is 123 cm³/mol. The summed E-state index contributed by atoms with van der Waals surface area (Å²) in [4.78, 5) is 27.6. The van der Waals surface area contributed by atoms with Crippen molar-refractivity contribution < 1.29 is 14.3 Å². The Morgan fingerprint density at radius 3 is 2.45 bits per heavy atom. The minimum atomic E-state index is -0.631. The maximum absolute atomic E-state index is 13.1. The number of nitrogens with one attached hydrogen (secondary N) is 1. The zero-order valence-corrected chi connectivity index (χ0v) is 19.2. The lowest BCUT2D eigenvalue weighted by Gasteiger charge is -2.31. The van der Waals surface area contributed by atoms with Crippen LogP contribution in [0.5, 0.6) is 5.75 Å². The molecule has 1 aliphatic carbocycles. The molecule has 1 fully saturated rings. The van der Waals surface area contributed by atoms with Crippen LogP contribution in [-0.2, 0) is 16.1 Å². The van der Waals surface area contributed by atoms with Crippen LogP contribution in [0, 0.1) is 0 Å². The van der Waals surface area contributed by atoms with Crippen LogP contribution < -0.4 is 10.1 Å². The Bertz CT molecular complexity index is 883. The number of hydrogen-bond acceptors (Lipinski definition) is 3. The van der Waals surface area contributed by atoms with Gasteiger partial charge in [0.15, 0.2) is 6.61 Å². The molecule has 0 aliphatic heterocycles. The summed E-state index contributed by atoms with van der Waals surface area (Å²) in [5.41, 5.74) is 0.887. The molecule has 0 spiro atoms. The summed E-state index contributed by atoms with van der Waals surface area (Å²) in [6, 6.07) is 13.7. The molecule has 1 aliphatic rings. The van der Waals surface area contributed by atoms with Crippen molar-refractivity contribution >= 4 is 35.0 Å². The number of ether oxygens (including phenoxy) is 1. The third kappa shape index (κ3) is 7.15. The summed E-state index contributed by atoms with van der Waals surface area (Å²) in [7, 11) is 0. The van der Waals surface area contributed by atoms with Gasteiger partial charge in [-0.1, -0.05) is 60.7 Å². The van der Waals surface area contributed by atoms with Crippen molar-refractivity contribution in [2.24, 2.45) is 0 Å². The van der Waals surface area contributed by atoms with Crippen molar-refractivity contribution in [2.45, 2.75) is 57.7 Å². The average molecular weight is 463 g/mol. The molecule has 0 heterocycles. The molecule has 1 saturated carbocycles. The third-order valence-electron chi connectivity index (χ3n) is 5.54. The second kappa shape index (κ2) is 11.4. The number of nitrogens with zero attached hydrogens (tertiary/aromatic N) is 1. The van der Waals surface area contributed by atoms with Crippen LogP contribution >= 0.6 is 23.2 Å². The van der Waals surface area contributed by atoms with E-state index in [0.29, 0.717) is 15.8 Å². The first-order valence-corrected chi connectivity index (χ1v) is 11.4. The van der Waals surface area contributed by atoms with Crippen LogP contribution in [0.25, 0.3) is 0 Å². The molecule has 31 heavy (non-hydrogen) atoms. The number of carbonyl (C=O) groups is 2. The van der Waals surface area contributed by atoms with Gasteiger partial charge in [-0.05, 0) is 55.7 Å². The number of hydrogen-bond donors (Lipinski definition) is 1. The molecule has 2 amide bonds. The SMILES string of the molecule is C[C@H](C(=O)NC1CCCCC1)N(Cc1ccc(Cl)cc1)C(=O)COc1cccc(Cl)c1. The first-order valence-electron chi connectivity index (χ1n) is 10.6. The average Bonchev–Trinajstić information content (AvgIpc) is 2.77. The quantitative estimate of drug-likeness (QED) is 0.583. The lowest BCUT2D eigenvalue weighted by atomic mass is 9.95. The van der Waals surface area contributed by atoms with Gasteiger partial charge in [0, 0.05) is 22.6 Å². The van der Waals surface area contributed by atoms with Crippen molar-refractivity contribution in [3.05, 3.63) is 64.1 Å². The van der Waals surface area contributed by atoms with Gasteiger partial charge in [-0.3, -0.25) is 9.59 Å². The fourth-order valence-corrected chi connectivity index (χ4v) is 4.03. The predicted octanol–water partition coefficient (Wildman–Crippen LogP) is 5.24. The van der Waals surface area contributed by atoms with Crippen LogP contribution in [0.1, 0.15) is 44.6 Å². The summed E-state index contributed by atoms with van der Waals surface area (Å²) >= 11 is 12.0. The largest absolute Gasteiger partial charge is 0.484 e. The minimum absolute atomic E-state index is 0.142. The van der Waals surface area contributed by atoms with Crippen molar-refractivity contribution in [2.75, 3.05) is 6.61 Å². The lowest BCUT2D eigenvalue weighted by Crippen LogP contribution is -2.51. The van der Waals surface area contributed by atoms with E-state index >= 15 is 0 Å². The topological polar surface area (TPSA) is 58.6 Å². The number of amides is 2. The molecule has 0 bridgehead atoms. The van der Waals surface area contributed by atoms with E-state index in [-0.39, 0.29) is 31.0 Å². The maximum atomic E-state index is 13.1. The van der Waals surface area contributed by atoms with E-state index in [1.807, 2.05) is 12.1 Å². The summed E-state index contributed by atoms with van der Waals surface area (Å²) < 4.78 is 5.64. The number of carbonyl (C=O) groups excluding carboxylic acids is 2. The third-order valence-corrected chi connectivity index (χ3v) is 6.03. The Kier molecular flexibility index (Phi) is 8.61. The summed E-state index contributed by atoms with van der Waals surface area (Å²) in [6.45, 7) is 1.86. The lowest BCUT2D eigenvalue weighted by molar-refractivity contribution is -0.142. The van der Waals surface area contributed by atoms with Gasteiger partial charge in [-0.25, -0.2) is 0 Å². The molecule has 3 rings (SSSR count). The van der Waals surface area contributed by atoms with E-state index in [1.54, 1.807) is 48.2 Å². The van der Waals surface area contributed by atoms with E-state index in [4.69, 9.17) is 27.9 Å². The highest BCUT2D eigenvalue weighted by atomic mass is 35.5. The molecule has 5 nitrogen and oxygen atoms in total. The van der Waals surface area contributed by atoms with Gasteiger partial charge >= 0.3 is 0 Å². The molecule has 7 heteroatoms. The molecule has 0 unspecified atom stereocenters. The second-order valence-electron chi connectivity index (χ2n) is 7.91. The second-order valence-corrected chi connectivity index (χ2v) is 8.79. The minimum Gasteiger partial charge on any atom is -0.484 e. The van der Waals surface area contributed by atoms with Gasteiger partial charge in [0.2, 0.25) is 5.91 Å². The molecule has 2 aromatic carbocycles. The van der Waals surface area contributed by atoms with Gasteiger partial charge in [0.05, 0.1) is 0 Å². The number of halogens is 2. The van der Waals surface area contributed by atoms with Gasteiger partial charge in [0.25, 0.3) is 5.91 Å². The van der Waals surface area contributed by atoms with Crippen molar-refractivity contribution in [3.8, 4) is 5.75 Å². The van der Waals surface area contributed by atoms with Crippen LogP contribution in [0.4, 0.5) is 0 Å². The van der Waals surface area contributed by atoms with Crippen LogP contribution in [0.2, 0.25) is 10.0 Å². The van der Waals surface area contributed by atoms with Gasteiger partial charge in [-0.2, -0.15) is 0 Å². The fraction of sp³-hybridized carbons (Fsp3) is 0.417. The van der Waals surface area contributed by atoms with Gasteiger partial charge in [0.1, 0.15) is 11.8 Å². The molecule has 1 N–H and O–H groups in total. The van der Waals surface area contributed by atoms with E-state index in [0.717, 1.165) is 31.2 Å². The molecule has 0 radical (unpaired) electrons. The highest BCUT2D eigenvalue weighted by Gasteiger charge is 2.28. The van der Waals surface area contributed by atoms with E-state index < -0.39 is 6.04 Å². The molecule has 2 aromatic rings. The standard InChI is InChI=1S/C24H28Cl2N2O3/c1-17(24(30)27-21-7-3-2-4-8-21)28(15-18-10-12-19(25)13-11-18)23(29)16-31-22-9-5-6-20(26)14-22/h5-6,9-14,17,21H,2-4,7-8,15-16H2,1H3,(H,27,30)/t17-/m1/s1. The summed E-state index contributed by atoms with van der Waals surface area (Å²) in [5.74, 6) is 0.0878. The van der Waals surface area contributed by atoms with E-state index in [9.17, 15) is 9.59 Å². The van der Waals surface area contributed by atoms with Crippen molar-refractivity contribution in [1.29, 1.82) is 0 Å². The van der Waals surface area contributed by atoms with E-state index in [1.165, 1.54) is 6.42 Å². The maximum Gasteiger partial charge on any atom is 0.261 e.